The molecule has 0 atom stereocenters. The van der Waals surface area contributed by atoms with Crippen molar-refractivity contribution < 1.29 is 14.7 Å². The summed E-state index contributed by atoms with van der Waals surface area (Å²) in [5.74, 6) is -1.38. The summed E-state index contributed by atoms with van der Waals surface area (Å²) in [6.45, 7) is 1.91. The van der Waals surface area contributed by atoms with Crippen LogP contribution in [0, 0.1) is 6.92 Å². The van der Waals surface area contributed by atoms with Crippen LogP contribution < -0.4 is 5.32 Å². The molecule has 1 amide bonds. The van der Waals surface area contributed by atoms with Gasteiger partial charge in [-0.05, 0) is 25.8 Å². The van der Waals surface area contributed by atoms with Crippen LogP contribution in [0.4, 0.5) is 0 Å². The predicted octanol–water partition coefficient (Wildman–Crippen LogP) is 1.79. The Morgan fingerprint density at radius 3 is 2.80 bits per heavy atom. The first-order chi connectivity index (χ1) is 9.50. The first kappa shape index (κ1) is 12.9. The fourth-order valence-electron chi connectivity index (χ4n) is 1.97. The molecule has 1 fully saturated rings. The van der Waals surface area contributed by atoms with Gasteiger partial charge in [-0.1, -0.05) is 0 Å². The number of aryl methyl sites for hydroxylation is 1. The fourth-order valence-corrected chi connectivity index (χ4v) is 2.59. The Hall–Kier alpha value is -2.15. The van der Waals surface area contributed by atoms with Crippen LogP contribution in [0.25, 0.3) is 11.3 Å². The second-order valence-corrected chi connectivity index (χ2v) is 5.96. The smallest absolute Gasteiger partial charge is 0.329 e. The minimum atomic E-state index is -1.07. The standard InChI is InChI=1S/C13H13N3O3S/c1-7-15-10(6-20-7)8-4-9(14-5-8)11(17)16-13(2-3-13)12(18)19/h4-6,14H,2-3H2,1H3,(H,16,17)(H,18,19). The minimum absolute atomic E-state index is 0.346. The largest absolute Gasteiger partial charge is 0.480 e. The van der Waals surface area contributed by atoms with E-state index in [1.54, 1.807) is 12.3 Å². The highest BCUT2D eigenvalue weighted by Crippen LogP contribution is 2.35. The molecule has 0 spiro atoms. The van der Waals surface area contributed by atoms with Gasteiger partial charge in [0, 0.05) is 17.1 Å². The van der Waals surface area contributed by atoms with Gasteiger partial charge in [-0.2, -0.15) is 0 Å². The Morgan fingerprint density at radius 1 is 1.50 bits per heavy atom. The van der Waals surface area contributed by atoms with E-state index in [-0.39, 0.29) is 0 Å². The molecule has 0 aliphatic heterocycles. The third kappa shape index (κ3) is 2.20. The number of aromatic amines is 1. The maximum atomic E-state index is 12.0. The quantitative estimate of drug-likeness (QED) is 0.800. The van der Waals surface area contributed by atoms with Crippen molar-refractivity contribution in [2.24, 2.45) is 0 Å². The molecular formula is C13H13N3O3S. The maximum Gasteiger partial charge on any atom is 0.329 e. The Morgan fingerprint density at radius 2 is 2.25 bits per heavy atom. The van der Waals surface area contributed by atoms with Crippen LogP contribution in [0.2, 0.25) is 0 Å². The van der Waals surface area contributed by atoms with Gasteiger partial charge in [0.15, 0.2) is 0 Å². The van der Waals surface area contributed by atoms with Crippen molar-refractivity contribution in [1.82, 2.24) is 15.3 Å². The first-order valence-electron chi connectivity index (χ1n) is 6.17. The van der Waals surface area contributed by atoms with Gasteiger partial charge in [-0.15, -0.1) is 11.3 Å². The molecule has 20 heavy (non-hydrogen) atoms. The van der Waals surface area contributed by atoms with Gasteiger partial charge < -0.3 is 15.4 Å². The number of carbonyl (C=O) groups excluding carboxylic acids is 1. The lowest BCUT2D eigenvalue weighted by Gasteiger charge is -2.10. The molecule has 2 heterocycles. The molecule has 0 saturated heterocycles. The van der Waals surface area contributed by atoms with E-state index in [1.807, 2.05) is 12.3 Å². The molecule has 104 valence electrons. The van der Waals surface area contributed by atoms with Crippen LogP contribution in [0.5, 0.6) is 0 Å². The molecule has 3 N–H and O–H groups in total. The van der Waals surface area contributed by atoms with Crippen LogP contribution in [-0.4, -0.2) is 32.5 Å². The number of hydrogen-bond acceptors (Lipinski definition) is 4. The Bertz CT molecular complexity index is 685. The second-order valence-electron chi connectivity index (χ2n) is 4.90. The molecule has 2 aromatic rings. The lowest BCUT2D eigenvalue weighted by Crippen LogP contribution is -2.43. The summed E-state index contributed by atoms with van der Waals surface area (Å²) >= 11 is 1.54. The van der Waals surface area contributed by atoms with Crippen molar-refractivity contribution >= 4 is 23.2 Å². The van der Waals surface area contributed by atoms with Crippen LogP contribution in [0.1, 0.15) is 28.3 Å². The highest BCUT2D eigenvalue weighted by Gasteiger charge is 2.51. The number of nitrogens with one attached hydrogen (secondary N) is 2. The van der Waals surface area contributed by atoms with Gasteiger partial charge in [-0.3, -0.25) is 4.79 Å². The normalized spacial score (nSPS) is 15.8. The van der Waals surface area contributed by atoms with Crippen molar-refractivity contribution in [3.8, 4) is 11.3 Å². The summed E-state index contributed by atoms with van der Waals surface area (Å²) in [6.07, 6.45) is 2.66. The van der Waals surface area contributed by atoms with E-state index >= 15 is 0 Å². The Kier molecular flexibility index (Phi) is 2.86. The van der Waals surface area contributed by atoms with E-state index < -0.39 is 17.4 Å². The SMILES string of the molecule is Cc1nc(-c2c[nH]c(C(=O)NC3(C(=O)O)CC3)c2)cs1. The lowest BCUT2D eigenvalue weighted by atomic mass is 10.2. The number of aromatic nitrogens is 2. The van der Waals surface area contributed by atoms with Crippen molar-refractivity contribution in [2.45, 2.75) is 25.3 Å². The zero-order valence-electron chi connectivity index (χ0n) is 10.8. The zero-order chi connectivity index (χ0) is 14.3. The van der Waals surface area contributed by atoms with E-state index in [2.05, 4.69) is 15.3 Å². The molecule has 1 aliphatic carbocycles. The summed E-state index contributed by atoms with van der Waals surface area (Å²) in [4.78, 5) is 30.3. The first-order valence-corrected chi connectivity index (χ1v) is 7.05. The van der Waals surface area contributed by atoms with Gasteiger partial charge in [0.1, 0.15) is 11.2 Å². The fraction of sp³-hybridized carbons (Fsp3) is 0.308. The highest BCUT2D eigenvalue weighted by atomic mass is 32.1. The second kappa shape index (κ2) is 4.45. The third-order valence-electron chi connectivity index (χ3n) is 3.35. The molecule has 6 nitrogen and oxygen atoms in total. The number of nitrogens with zero attached hydrogens (tertiary/aromatic N) is 1. The summed E-state index contributed by atoms with van der Waals surface area (Å²) in [6, 6.07) is 1.68. The van der Waals surface area contributed by atoms with Crippen LogP contribution in [0.3, 0.4) is 0 Å². The summed E-state index contributed by atoms with van der Waals surface area (Å²) in [5.41, 5.74) is 0.902. The monoisotopic (exact) mass is 291 g/mol. The summed E-state index contributed by atoms with van der Waals surface area (Å²) in [5, 5.41) is 14.5. The van der Waals surface area contributed by atoms with Gasteiger partial charge >= 0.3 is 5.97 Å². The van der Waals surface area contributed by atoms with Crippen molar-refractivity contribution in [1.29, 1.82) is 0 Å². The van der Waals surface area contributed by atoms with Crippen LogP contribution in [0.15, 0.2) is 17.6 Å². The minimum Gasteiger partial charge on any atom is -0.480 e. The molecule has 2 aromatic heterocycles. The van der Waals surface area contributed by atoms with Crippen molar-refractivity contribution in [3.05, 3.63) is 28.3 Å². The van der Waals surface area contributed by atoms with E-state index in [4.69, 9.17) is 5.11 Å². The van der Waals surface area contributed by atoms with Gasteiger partial charge in [0.25, 0.3) is 5.91 Å². The van der Waals surface area contributed by atoms with Crippen LogP contribution >= 0.6 is 11.3 Å². The van der Waals surface area contributed by atoms with Gasteiger partial charge in [0.2, 0.25) is 0 Å². The number of carboxylic acid groups (broad SMARTS) is 1. The molecule has 1 saturated carbocycles. The highest BCUT2D eigenvalue weighted by molar-refractivity contribution is 7.09. The van der Waals surface area contributed by atoms with E-state index in [1.165, 1.54) is 11.3 Å². The average molecular weight is 291 g/mol. The van der Waals surface area contributed by atoms with Crippen LogP contribution in [-0.2, 0) is 4.79 Å². The number of carboxylic acids is 1. The van der Waals surface area contributed by atoms with Gasteiger partial charge in [0.05, 0.1) is 10.7 Å². The van der Waals surface area contributed by atoms with Crippen molar-refractivity contribution in [2.75, 3.05) is 0 Å². The lowest BCUT2D eigenvalue weighted by molar-refractivity contribution is -0.140. The van der Waals surface area contributed by atoms with E-state index in [0.29, 0.717) is 18.5 Å². The molecule has 0 radical (unpaired) electrons. The number of rotatable bonds is 4. The molecule has 7 heteroatoms. The average Bonchev–Trinajstić information content (AvgIpc) is 2.86. The number of hydrogen-bond donors (Lipinski definition) is 3. The number of amides is 1. The number of thiazole rings is 1. The third-order valence-corrected chi connectivity index (χ3v) is 4.13. The summed E-state index contributed by atoms with van der Waals surface area (Å²) < 4.78 is 0. The maximum absolute atomic E-state index is 12.0. The number of H-pyrrole nitrogens is 1. The van der Waals surface area contributed by atoms with E-state index in [9.17, 15) is 9.59 Å². The molecule has 0 aromatic carbocycles. The molecule has 0 unspecified atom stereocenters. The van der Waals surface area contributed by atoms with Crippen molar-refractivity contribution in [3.63, 3.8) is 0 Å². The summed E-state index contributed by atoms with van der Waals surface area (Å²) in [7, 11) is 0. The Labute approximate surface area is 118 Å². The zero-order valence-corrected chi connectivity index (χ0v) is 11.6. The van der Waals surface area contributed by atoms with Gasteiger partial charge in [-0.25, -0.2) is 9.78 Å². The number of aliphatic carboxylic acids is 1. The molecule has 0 bridgehead atoms. The predicted molar refractivity (Wildman–Crippen MR) is 73.7 cm³/mol. The molecular weight excluding hydrogens is 278 g/mol. The Balaban J connectivity index is 1.77. The molecule has 1 aliphatic rings. The topological polar surface area (TPSA) is 95.1 Å². The van der Waals surface area contributed by atoms with E-state index in [0.717, 1.165) is 16.3 Å². The number of carbonyl (C=O) groups is 2. The molecule has 3 rings (SSSR count).